The molecule has 4 aromatic rings. The van der Waals surface area contributed by atoms with Gasteiger partial charge in [0.25, 0.3) is 11.8 Å². The maximum Gasteiger partial charge on any atom is 0.266 e. The van der Waals surface area contributed by atoms with Gasteiger partial charge < -0.3 is 14.9 Å². The Morgan fingerprint density at radius 1 is 1.00 bits per heavy atom. The molecule has 0 radical (unpaired) electrons. The van der Waals surface area contributed by atoms with E-state index in [2.05, 4.69) is 10.6 Å². The topological polar surface area (TPSA) is 73.3 Å². The molecule has 6 heteroatoms. The SMILES string of the molecule is Cn1cc(C2=CC(=O)N(c3c4n(c5ccccc35)CCC(CN)C4)C2=O)c2ccccc21. The summed E-state index contributed by atoms with van der Waals surface area (Å²) in [5.41, 5.74) is 11.1. The Balaban J connectivity index is 1.51. The van der Waals surface area contributed by atoms with E-state index in [1.54, 1.807) is 0 Å². The lowest BCUT2D eigenvalue weighted by molar-refractivity contribution is -0.119. The van der Waals surface area contributed by atoms with Crippen LogP contribution in [0, 0.1) is 5.92 Å². The predicted octanol–water partition coefficient (Wildman–Crippen LogP) is 3.61. The molecule has 2 amide bonds. The zero-order valence-electron chi connectivity index (χ0n) is 17.9. The summed E-state index contributed by atoms with van der Waals surface area (Å²) in [5, 5.41) is 1.91. The van der Waals surface area contributed by atoms with E-state index in [1.807, 2.05) is 60.3 Å². The van der Waals surface area contributed by atoms with Gasteiger partial charge in [0.15, 0.2) is 0 Å². The average Bonchev–Trinajstić information content (AvgIpc) is 3.42. The highest BCUT2D eigenvalue weighted by Gasteiger charge is 2.39. The molecule has 2 aliphatic rings. The van der Waals surface area contributed by atoms with Crippen LogP contribution in [0.4, 0.5) is 5.69 Å². The Hall–Kier alpha value is -3.64. The van der Waals surface area contributed by atoms with Crippen LogP contribution in [0.25, 0.3) is 27.4 Å². The third-order valence-electron chi connectivity index (χ3n) is 6.96. The lowest BCUT2D eigenvalue weighted by Gasteiger charge is -2.26. The molecule has 0 saturated heterocycles. The zero-order valence-corrected chi connectivity index (χ0v) is 17.9. The molecule has 2 aromatic heterocycles. The van der Waals surface area contributed by atoms with Gasteiger partial charge in [0.1, 0.15) is 0 Å². The van der Waals surface area contributed by atoms with Gasteiger partial charge in [-0.3, -0.25) is 9.59 Å². The second kappa shape index (κ2) is 6.93. The van der Waals surface area contributed by atoms with Gasteiger partial charge in [-0.1, -0.05) is 36.4 Å². The summed E-state index contributed by atoms with van der Waals surface area (Å²) in [6, 6.07) is 16.0. The van der Waals surface area contributed by atoms with Gasteiger partial charge in [0.2, 0.25) is 0 Å². The highest BCUT2D eigenvalue weighted by atomic mass is 16.2. The molecule has 1 unspecified atom stereocenters. The minimum atomic E-state index is -0.285. The third-order valence-corrected chi connectivity index (χ3v) is 6.96. The van der Waals surface area contributed by atoms with Crippen molar-refractivity contribution in [2.75, 3.05) is 11.4 Å². The average molecular weight is 425 g/mol. The van der Waals surface area contributed by atoms with Crippen molar-refractivity contribution in [3.63, 3.8) is 0 Å². The van der Waals surface area contributed by atoms with Crippen LogP contribution in [0.3, 0.4) is 0 Å². The van der Waals surface area contributed by atoms with Crippen molar-refractivity contribution in [3.8, 4) is 0 Å². The van der Waals surface area contributed by atoms with E-state index in [9.17, 15) is 9.59 Å². The molecule has 0 bridgehead atoms. The van der Waals surface area contributed by atoms with Gasteiger partial charge in [-0.05, 0) is 37.4 Å². The predicted molar refractivity (Wildman–Crippen MR) is 126 cm³/mol. The number of amides is 2. The maximum atomic E-state index is 13.7. The first-order valence-corrected chi connectivity index (χ1v) is 11.0. The molecule has 0 spiro atoms. The van der Waals surface area contributed by atoms with Gasteiger partial charge in [-0.15, -0.1) is 0 Å². The van der Waals surface area contributed by atoms with E-state index in [-0.39, 0.29) is 11.8 Å². The Bertz CT molecular complexity index is 1460. The Kier molecular flexibility index (Phi) is 4.13. The van der Waals surface area contributed by atoms with Gasteiger partial charge in [-0.25, -0.2) is 4.90 Å². The van der Waals surface area contributed by atoms with Crippen molar-refractivity contribution in [1.29, 1.82) is 0 Å². The number of fused-ring (bicyclic) bond motifs is 4. The number of carbonyl (C=O) groups excluding carboxylic acids is 2. The third kappa shape index (κ3) is 2.56. The molecular weight excluding hydrogens is 400 g/mol. The molecule has 2 aromatic carbocycles. The van der Waals surface area contributed by atoms with Gasteiger partial charge in [0, 0.05) is 53.4 Å². The van der Waals surface area contributed by atoms with Crippen LogP contribution in [0.5, 0.6) is 0 Å². The van der Waals surface area contributed by atoms with Crippen LogP contribution in [0.15, 0.2) is 60.8 Å². The summed E-state index contributed by atoms with van der Waals surface area (Å²) < 4.78 is 4.25. The van der Waals surface area contributed by atoms with Crippen LogP contribution in [0.1, 0.15) is 17.7 Å². The standard InChI is InChI=1S/C26H24N4O2/c1-28-15-20(17-6-2-4-8-21(17)28)19-13-24(31)30(26(19)32)25-18-7-3-5-9-22(18)29-11-10-16(14-27)12-23(25)29/h2-9,13,15-16H,10-12,14,27H2,1H3. The molecular formula is C26H24N4O2. The molecule has 0 aliphatic carbocycles. The zero-order chi connectivity index (χ0) is 22.0. The smallest absolute Gasteiger partial charge is 0.266 e. The molecule has 2 N–H and O–H groups in total. The highest BCUT2D eigenvalue weighted by molar-refractivity contribution is 6.45. The maximum absolute atomic E-state index is 13.7. The summed E-state index contributed by atoms with van der Waals surface area (Å²) in [6.45, 7) is 1.44. The number of hydrogen-bond acceptors (Lipinski definition) is 3. The fourth-order valence-electron chi connectivity index (χ4n) is 5.37. The number of rotatable bonds is 3. The molecule has 160 valence electrons. The van der Waals surface area contributed by atoms with Crippen LogP contribution >= 0.6 is 0 Å². The number of aromatic nitrogens is 2. The summed E-state index contributed by atoms with van der Waals surface area (Å²) >= 11 is 0. The van der Waals surface area contributed by atoms with E-state index >= 15 is 0 Å². The van der Waals surface area contributed by atoms with Crippen molar-refractivity contribution >= 4 is 44.9 Å². The van der Waals surface area contributed by atoms with Gasteiger partial charge in [0.05, 0.1) is 16.8 Å². The van der Waals surface area contributed by atoms with Crippen LogP contribution in [-0.2, 0) is 29.6 Å². The Labute approximate surface area is 185 Å². The molecule has 2 aliphatic heterocycles. The number of anilines is 1. The lowest BCUT2D eigenvalue weighted by atomic mass is 9.95. The molecule has 32 heavy (non-hydrogen) atoms. The van der Waals surface area contributed by atoms with Crippen molar-refractivity contribution in [2.45, 2.75) is 19.4 Å². The molecule has 1 atom stereocenters. The van der Waals surface area contributed by atoms with Gasteiger partial charge in [-0.2, -0.15) is 0 Å². The first-order valence-electron chi connectivity index (χ1n) is 11.0. The van der Waals surface area contributed by atoms with Crippen LogP contribution in [-0.4, -0.2) is 27.5 Å². The first-order chi connectivity index (χ1) is 15.6. The Morgan fingerprint density at radius 2 is 1.72 bits per heavy atom. The summed E-state index contributed by atoms with van der Waals surface area (Å²) in [4.78, 5) is 28.4. The van der Waals surface area contributed by atoms with Crippen molar-refractivity contribution < 1.29 is 9.59 Å². The van der Waals surface area contributed by atoms with E-state index in [0.717, 1.165) is 58.1 Å². The fourth-order valence-corrected chi connectivity index (χ4v) is 5.37. The molecule has 0 saturated carbocycles. The largest absolute Gasteiger partial charge is 0.350 e. The number of imide groups is 1. The summed E-state index contributed by atoms with van der Waals surface area (Å²) in [7, 11) is 1.95. The minimum absolute atomic E-state index is 0.264. The van der Waals surface area contributed by atoms with E-state index in [1.165, 1.54) is 11.0 Å². The van der Waals surface area contributed by atoms with Crippen molar-refractivity contribution in [3.05, 3.63) is 72.1 Å². The molecule has 6 nitrogen and oxygen atoms in total. The van der Waals surface area contributed by atoms with E-state index in [0.29, 0.717) is 18.0 Å². The van der Waals surface area contributed by atoms with E-state index < -0.39 is 0 Å². The number of benzene rings is 2. The highest BCUT2D eigenvalue weighted by Crippen LogP contribution is 2.42. The fraction of sp³-hybridized carbons (Fsp3) is 0.231. The number of nitrogens with zero attached hydrogens (tertiary/aromatic N) is 3. The monoisotopic (exact) mass is 424 g/mol. The number of carbonyl (C=O) groups is 2. The van der Waals surface area contributed by atoms with Crippen LogP contribution < -0.4 is 10.6 Å². The summed E-state index contributed by atoms with van der Waals surface area (Å²) in [5.74, 6) is -0.198. The lowest BCUT2D eigenvalue weighted by Crippen LogP contribution is -2.33. The molecule has 6 rings (SSSR count). The first kappa shape index (κ1) is 19.1. The normalized spacial score (nSPS) is 18.6. The molecule has 4 heterocycles. The number of nitrogens with two attached hydrogens (primary N) is 1. The Morgan fingerprint density at radius 3 is 2.50 bits per heavy atom. The number of para-hydroxylation sites is 2. The van der Waals surface area contributed by atoms with Crippen molar-refractivity contribution in [2.24, 2.45) is 18.7 Å². The molecule has 0 fully saturated rings. The second-order valence-corrected chi connectivity index (χ2v) is 8.77. The van der Waals surface area contributed by atoms with Gasteiger partial charge >= 0.3 is 0 Å². The number of hydrogen-bond donors (Lipinski definition) is 1. The minimum Gasteiger partial charge on any atom is -0.350 e. The van der Waals surface area contributed by atoms with E-state index in [4.69, 9.17) is 5.73 Å². The second-order valence-electron chi connectivity index (χ2n) is 8.77. The summed E-state index contributed by atoms with van der Waals surface area (Å²) in [6.07, 6.45) is 5.19. The number of aryl methyl sites for hydroxylation is 2. The van der Waals surface area contributed by atoms with Crippen LogP contribution in [0.2, 0.25) is 0 Å². The quantitative estimate of drug-likeness (QED) is 0.511. The van der Waals surface area contributed by atoms with Crippen molar-refractivity contribution in [1.82, 2.24) is 9.13 Å².